The van der Waals surface area contributed by atoms with Crippen LogP contribution in [0.4, 0.5) is 8.78 Å². The summed E-state index contributed by atoms with van der Waals surface area (Å²) >= 11 is 18.2. The van der Waals surface area contributed by atoms with Gasteiger partial charge in [-0.15, -0.1) is 0 Å². The van der Waals surface area contributed by atoms with Gasteiger partial charge in [-0.05, 0) is 28.8 Å². The highest BCUT2D eigenvalue weighted by Gasteiger charge is 2.37. The molecule has 12 heteroatoms. The predicted molar refractivity (Wildman–Crippen MR) is 124 cm³/mol. The van der Waals surface area contributed by atoms with Crippen molar-refractivity contribution in [3.63, 3.8) is 0 Å². The van der Waals surface area contributed by atoms with Crippen molar-refractivity contribution in [3.05, 3.63) is 54.1 Å². The summed E-state index contributed by atoms with van der Waals surface area (Å²) in [5.41, 5.74) is 1.88. The zero-order chi connectivity index (χ0) is 24.8. The van der Waals surface area contributed by atoms with E-state index in [1.54, 1.807) is 42.5 Å². The van der Waals surface area contributed by atoms with E-state index in [0.717, 1.165) is 17.4 Å². The van der Waals surface area contributed by atoms with Crippen molar-refractivity contribution in [3.8, 4) is 17.2 Å². The number of nitrogens with one attached hydrogen (secondary N) is 2. The summed E-state index contributed by atoms with van der Waals surface area (Å²) in [5.74, 6) is -0.821. The van der Waals surface area contributed by atoms with Crippen LogP contribution in [0, 0.1) is 11.3 Å². The molecule has 0 spiro atoms. The molecule has 33 heavy (non-hydrogen) atoms. The second-order valence-corrected chi connectivity index (χ2v) is 11.5. The lowest BCUT2D eigenvalue weighted by atomic mass is 10.0. The summed E-state index contributed by atoms with van der Waals surface area (Å²) in [7, 11) is -3.33. The van der Waals surface area contributed by atoms with E-state index in [4.69, 9.17) is 40.1 Å². The van der Waals surface area contributed by atoms with Gasteiger partial charge >= 0.3 is 0 Å². The minimum absolute atomic E-state index is 0.183. The number of hydrogen-bond acceptors (Lipinski definition) is 5. The molecule has 0 fully saturated rings. The molecule has 2 aromatic rings. The van der Waals surface area contributed by atoms with Gasteiger partial charge in [0.25, 0.3) is 0 Å². The molecule has 2 aromatic carbocycles. The molecule has 0 aliphatic carbocycles. The van der Waals surface area contributed by atoms with Crippen molar-refractivity contribution in [2.24, 2.45) is 0 Å². The molecule has 0 heterocycles. The topological polar surface area (TPSA) is 99.1 Å². The maximum atomic E-state index is 13.0. The zero-order valence-electron chi connectivity index (χ0n) is 17.2. The molecular weight excluding hydrogens is 519 g/mol. The Morgan fingerprint density at radius 1 is 1.06 bits per heavy atom. The number of sulfone groups is 1. The number of amides is 1. The minimum atomic E-state index is -3.33. The number of halogens is 5. The van der Waals surface area contributed by atoms with E-state index < -0.39 is 44.5 Å². The van der Waals surface area contributed by atoms with Gasteiger partial charge in [0.2, 0.25) is 16.1 Å². The van der Waals surface area contributed by atoms with Crippen LogP contribution in [0.3, 0.4) is 0 Å². The van der Waals surface area contributed by atoms with Crippen LogP contribution in [0.15, 0.2) is 53.4 Å². The third-order valence-corrected chi connectivity index (χ3v) is 6.41. The van der Waals surface area contributed by atoms with Crippen molar-refractivity contribution in [2.45, 2.75) is 33.6 Å². The lowest BCUT2D eigenvalue weighted by molar-refractivity contribution is -0.124. The van der Waals surface area contributed by atoms with Crippen molar-refractivity contribution >= 4 is 50.5 Å². The Hall–Kier alpha value is -1.96. The maximum absolute atomic E-state index is 13.0. The molecule has 178 valence electrons. The van der Waals surface area contributed by atoms with Gasteiger partial charge in [-0.25, -0.2) is 17.2 Å². The lowest BCUT2D eigenvalue weighted by Crippen LogP contribution is -2.49. The first-order valence-corrected chi connectivity index (χ1v) is 12.5. The number of nitrogens with zero attached hydrogens (tertiary/aromatic N) is 1. The summed E-state index contributed by atoms with van der Waals surface area (Å²) in [6.45, 7) is -0.356. The van der Waals surface area contributed by atoms with Crippen LogP contribution in [0.25, 0.3) is 11.1 Å². The molecule has 0 saturated carbocycles. The fraction of sp³-hybridized carbons (Fsp3) is 0.333. The van der Waals surface area contributed by atoms with Crippen LogP contribution in [-0.4, -0.2) is 43.4 Å². The Kier molecular flexibility index (Phi) is 9.47. The summed E-state index contributed by atoms with van der Waals surface area (Å²) in [6.07, 6.45) is -2.55. The van der Waals surface area contributed by atoms with E-state index in [2.05, 4.69) is 10.6 Å². The number of nitriles is 1. The number of hydrogen-bond donors (Lipinski definition) is 2. The maximum Gasteiger partial charge on any atom is 0.240 e. The molecule has 2 N–H and O–H groups in total. The SMILES string of the molecule is CS(=O)(=O)c1ccc(-c2ccc([C@H](NC(CC(F)F)C(=O)NCC#N)C(Cl)(Cl)Cl)cc2)cc1. The molecule has 1 unspecified atom stereocenters. The molecule has 1 amide bonds. The van der Waals surface area contributed by atoms with Crippen molar-refractivity contribution in [1.29, 1.82) is 5.26 Å². The highest BCUT2D eigenvalue weighted by molar-refractivity contribution is 7.90. The van der Waals surface area contributed by atoms with Gasteiger partial charge in [-0.2, -0.15) is 5.26 Å². The van der Waals surface area contributed by atoms with Gasteiger partial charge < -0.3 is 5.32 Å². The fourth-order valence-electron chi connectivity index (χ4n) is 3.02. The number of rotatable bonds is 9. The van der Waals surface area contributed by atoms with Gasteiger partial charge in [-0.3, -0.25) is 10.1 Å². The molecular formula is C21H20Cl3F2N3O3S. The summed E-state index contributed by atoms with van der Waals surface area (Å²) in [4.78, 5) is 12.4. The van der Waals surface area contributed by atoms with Crippen molar-refractivity contribution in [2.75, 3.05) is 12.8 Å². The largest absolute Gasteiger partial charge is 0.342 e. The fourth-order valence-corrected chi connectivity index (χ4v) is 4.22. The second-order valence-electron chi connectivity index (χ2n) is 7.12. The third-order valence-electron chi connectivity index (χ3n) is 4.63. The molecule has 0 aliphatic heterocycles. The zero-order valence-corrected chi connectivity index (χ0v) is 20.3. The third kappa shape index (κ3) is 8.09. The van der Waals surface area contributed by atoms with Crippen molar-refractivity contribution in [1.82, 2.24) is 10.6 Å². The summed E-state index contributed by atoms with van der Waals surface area (Å²) < 4.78 is 47.3. The minimum Gasteiger partial charge on any atom is -0.342 e. The quantitative estimate of drug-likeness (QED) is 0.364. The summed E-state index contributed by atoms with van der Waals surface area (Å²) in [6, 6.07) is 12.0. The van der Waals surface area contributed by atoms with Crippen LogP contribution in [0.1, 0.15) is 18.0 Å². The molecule has 2 atom stereocenters. The van der Waals surface area contributed by atoms with Gasteiger partial charge in [0, 0.05) is 12.7 Å². The molecule has 0 bridgehead atoms. The van der Waals surface area contributed by atoms with Gasteiger partial charge in [-0.1, -0.05) is 71.2 Å². The molecule has 0 saturated heterocycles. The predicted octanol–water partition coefficient (Wildman–Crippen LogP) is 4.42. The number of carbonyl (C=O) groups is 1. The molecule has 2 rings (SSSR count). The smallest absolute Gasteiger partial charge is 0.240 e. The molecule has 0 aliphatic rings. The van der Waals surface area contributed by atoms with Crippen LogP contribution >= 0.6 is 34.8 Å². The average Bonchev–Trinajstić information content (AvgIpc) is 2.73. The van der Waals surface area contributed by atoms with E-state index in [0.29, 0.717) is 5.56 Å². The first-order chi connectivity index (χ1) is 15.3. The number of benzene rings is 2. The van der Waals surface area contributed by atoms with Crippen molar-refractivity contribution < 1.29 is 22.0 Å². The van der Waals surface area contributed by atoms with Gasteiger partial charge in [0.1, 0.15) is 6.54 Å². The van der Waals surface area contributed by atoms with E-state index in [1.165, 1.54) is 12.1 Å². The number of carbonyl (C=O) groups excluding carboxylic acids is 1. The molecule has 0 aromatic heterocycles. The Morgan fingerprint density at radius 3 is 2.00 bits per heavy atom. The first kappa shape index (κ1) is 27.3. The van der Waals surface area contributed by atoms with Crippen LogP contribution in [-0.2, 0) is 14.6 Å². The highest BCUT2D eigenvalue weighted by Crippen LogP contribution is 2.41. The van der Waals surface area contributed by atoms with E-state index in [9.17, 15) is 22.0 Å². The molecule has 6 nitrogen and oxygen atoms in total. The summed E-state index contributed by atoms with van der Waals surface area (Å²) in [5, 5.41) is 13.5. The highest BCUT2D eigenvalue weighted by atomic mass is 35.6. The second kappa shape index (κ2) is 11.4. The number of alkyl halides is 5. The Morgan fingerprint density at radius 2 is 1.58 bits per heavy atom. The van der Waals surface area contributed by atoms with Gasteiger partial charge in [0.05, 0.1) is 23.0 Å². The van der Waals surface area contributed by atoms with Crippen LogP contribution in [0.5, 0.6) is 0 Å². The van der Waals surface area contributed by atoms with E-state index in [1.807, 2.05) is 0 Å². The van der Waals surface area contributed by atoms with E-state index >= 15 is 0 Å². The van der Waals surface area contributed by atoms with Gasteiger partial charge in [0.15, 0.2) is 9.84 Å². The normalized spacial score (nSPS) is 13.9. The first-order valence-electron chi connectivity index (χ1n) is 9.49. The standard InChI is InChI=1S/C21H20Cl3F2N3O3S/c1-33(31,32)16-8-6-14(7-9-16)13-2-4-15(5-3-13)19(21(22,23)24)29-17(12-18(25)26)20(30)28-11-10-27/h2-9,17-19,29H,11-12H2,1H3,(H,28,30)/t17?,19-/m0/s1. The average molecular weight is 539 g/mol. The monoisotopic (exact) mass is 537 g/mol. The Bertz CT molecular complexity index is 1100. The lowest BCUT2D eigenvalue weighted by Gasteiger charge is -2.30. The van der Waals surface area contributed by atoms with Crippen LogP contribution < -0.4 is 10.6 Å². The van der Waals surface area contributed by atoms with E-state index in [-0.39, 0.29) is 11.4 Å². The Balaban J connectivity index is 2.31. The Labute approximate surface area is 205 Å². The molecule has 0 radical (unpaired) electrons. The van der Waals surface area contributed by atoms with Crippen LogP contribution in [0.2, 0.25) is 0 Å².